The number of hydrogen-bond donors (Lipinski definition) is 1. The fourth-order valence-electron chi connectivity index (χ4n) is 2.45. The van der Waals surface area contributed by atoms with Gasteiger partial charge >= 0.3 is 5.97 Å². The molecular formula is C14H15NO4. The van der Waals surface area contributed by atoms with E-state index in [1.807, 2.05) is 6.07 Å². The first-order chi connectivity index (χ1) is 9.16. The third kappa shape index (κ3) is 2.05. The van der Waals surface area contributed by atoms with E-state index in [1.54, 1.807) is 23.1 Å². The van der Waals surface area contributed by atoms with Crippen LogP contribution in [-0.4, -0.2) is 29.6 Å². The Balaban J connectivity index is 1.93. The molecule has 1 heterocycles. The predicted octanol–water partition coefficient (Wildman–Crippen LogP) is 1.67. The SMILES string of the molecule is O=C(O)[C@H]1CN(C(=O)C2CCC2)c2ccccc2O1. The summed E-state index contributed by atoms with van der Waals surface area (Å²) in [7, 11) is 0. The lowest BCUT2D eigenvalue weighted by Crippen LogP contribution is -2.49. The molecule has 1 amide bonds. The van der Waals surface area contributed by atoms with Gasteiger partial charge in [0.25, 0.3) is 0 Å². The number of hydrogen-bond acceptors (Lipinski definition) is 3. The van der Waals surface area contributed by atoms with E-state index in [0.29, 0.717) is 11.4 Å². The van der Waals surface area contributed by atoms with Gasteiger partial charge in [0.05, 0.1) is 12.2 Å². The largest absolute Gasteiger partial charge is 0.478 e. The van der Waals surface area contributed by atoms with E-state index < -0.39 is 12.1 Å². The molecule has 5 heteroatoms. The fourth-order valence-corrected chi connectivity index (χ4v) is 2.45. The number of nitrogens with zero attached hydrogens (tertiary/aromatic N) is 1. The van der Waals surface area contributed by atoms with Crippen LogP contribution in [0.3, 0.4) is 0 Å². The number of carbonyl (C=O) groups excluding carboxylic acids is 1. The van der Waals surface area contributed by atoms with Gasteiger partial charge in [0.2, 0.25) is 12.0 Å². The summed E-state index contributed by atoms with van der Waals surface area (Å²) >= 11 is 0. The number of benzene rings is 1. The highest BCUT2D eigenvalue weighted by atomic mass is 16.5. The Kier molecular flexibility index (Phi) is 2.89. The van der Waals surface area contributed by atoms with Crippen molar-refractivity contribution in [3.8, 4) is 5.75 Å². The summed E-state index contributed by atoms with van der Waals surface area (Å²) in [6.45, 7) is 0.0850. The van der Waals surface area contributed by atoms with Crippen LogP contribution in [0.2, 0.25) is 0 Å². The number of rotatable bonds is 2. The average molecular weight is 261 g/mol. The lowest BCUT2D eigenvalue weighted by Gasteiger charge is -2.37. The molecular weight excluding hydrogens is 246 g/mol. The van der Waals surface area contributed by atoms with Crippen LogP contribution in [0.4, 0.5) is 5.69 Å². The first kappa shape index (κ1) is 12.0. The minimum absolute atomic E-state index is 0.0215. The molecule has 1 aromatic carbocycles. The molecule has 0 radical (unpaired) electrons. The van der Waals surface area contributed by atoms with E-state index >= 15 is 0 Å². The minimum atomic E-state index is -1.04. The second kappa shape index (κ2) is 4.57. The summed E-state index contributed by atoms with van der Waals surface area (Å²) in [4.78, 5) is 25.1. The van der Waals surface area contributed by atoms with Crippen molar-refractivity contribution < 1.29 is 19.4 Å². The van der Waals surface area contributed by atoms with Crippen LogP contribution < -0.4 is 9.64 Å². The van der Waals surface area contributed by atoms with Gasteiger partial charge in [0.15, 0.2) is 0 Å². The highest BCUT2D eigenvalue weighted by molar-refractivity contribution is 5.98. The standard InChI is InChI=1S/C14H15NO4/c16-13(9-4-3-5-9)15-8-12(14(17)18)19-11-7-2-1-6-10(11)15/h1-2,6-7,9,12H,3-5,8H2,(H,17,18)/t12-/m1/s1. The monoisotopic (exact) mass is 261 g/mol. The Morgan fingerprint density at radius 1 is 1.26 bits per heavy atom. The van der Waals surface area contributed by atoms with Crippen molar-refractivity contribution in [1.82, 2.24) is 0 Å². The molecule has 2 aliphatic rings. The van der Waals surface area contributed by atoms with Gasteiger partial charge in [-0.1, -0.05) is 18.6 Å². The molecule has 19 heavy (non-hydrogen) atoms. The summed E-state index contributed by atoms with van der Waals surface area (Å²) in [5, 5.41) is 9.11. The number of anilines is 1. The molecule has 1 saturated carbocycles. The summed E-state index contributed by atoms with van der Waals surface area (Å²) in [6, 6.07) is 7.09. The Bertz CT molecular complexity index is 524. The van der Waals surface area contributed by atoms with E-state index in [4.69, 9.17) is 9.84 Å². The Labute approximate surface area is 110 Å². The fraction of sp³-hybridized carbons (Fsp3) is 0.429. The van der Waals surface area contributed by atoms with Crippen molar-refractivity contribution in [2.45, 2.75) is 25.4 Å². The van der Waals surface area contributed by atoms with Crippen molar-refractivity contribution in [2.24, 2.45) is 5.92 Å². The lowest BCUT2D eigenvalue weighted by atomic mass is 9.84. The van der Waals surface area contributed by atoms with Crippen LogP contribution in [0.5, 0.6) is 5.75 Å². The van der Waals surface area contributed by atoms with Gasteiger partial charge in [0.1, 0.15) is 5.75 Å². The van der Waals surface area contributed by atoms with Crippen LogP contribution in [-0.2, 0) is 9.59 Å². The van der Waals surface area contributed by atoms with Crippen LogP contribution in [0.1, 0.15) is 19.3 Å². The molecule has 0 aromatic heterocycles. The zero-order valence-electron chi connectivity index (χ0n) is 10.4. The normalized spacial score (nSPS) is 22.1. The average Bonchev–Trinajstić information content (AvgIpc) is 2.35. The number of carboxylic acid groups (broad SMARTS) is 1. The van der Waals surface area contributed by atoms with E-state index in [-0.39, 0.29) is 18.4 Å². The maximum absolute atomic E-state index is 12.4. The van der Waals surface area contributed by atoms with Crippen LogP contribution >= 0.6 is 0 Å². The van der Waals surface area contributed by atoms with Crippen molar-refractivity contribution in [1.29, 1.82) is 0 Å². The maximum Gasteiger partial charge on any atom is 0.346 e. The number of carbonyl (C=O) groups is 2. The minimum Gasteiger partial charge on any atom is -0.478 e. The van der Waals surface area contributed by atoms with Crippen molar-refractivity contribution >= 4 is 17.6 Å². The van der Waals surface area contributed by atoms with Crippen LogP contribution in [0.25, 0.3) is 0 Å². The molecule has 100 valence electrons. The number of aliphatic carboxylic acids is 1. The summed E-state index contributed by atoms with van der Waals surface area (Å²) in [5.41, 5.74) is 0.678. The van der Waals surface area contributed by atoms with Crippen LogP contribution in [0, 0.1) is 5.92 Å². The van der Waals surface area contributed by atoms with E-state index in [2.05, 4.69) is 0 Å². The summed E-state index contributed by atoms with van der Waals surface area (Å²) in [5.74, 6) is -0.511. The van der Waals surface area contributed by atoms with Gasteiger partial charge in [-0.2, -0.15) is 0 Å². The number of amides is 1. The quantitative estimate of drug-likeness (QED) is 0.879. The smallest absolute Gasteiger partial charge is 0.346 e. The summed E-state index contributed by atoms with van der Waals surface area (Å²) in [6.07, 6.45) is 1.88. The van der Waals surface area contributed by atoms with Gasteiger partial charge in [-0.05, 0) is 25.0 Å². The molecule has 1 fully saturated rings. The lowest BCUT2D eigenvalue weighted by molar-refractivity contribution is -0.145. The van der Waals surface area contributed by atoms with E-state index in [0.717, 1.165) is 19.3 Å². The predicted molar refractivity (Wildman–Crippen MR) is 68.2 cm³/mol. The van der Waals surface area contributed by atoms with Crippen LogP contribution in [0.15, 0.2) is 24.3 Å². The van der Waals surface area contributed by atoms with Gasteiger partial charge in [-0.25, -0.2) is 4.79 Å². The molecule has 1 aliphatic carbocycles. The van der Waals surface area contributed by atoms with Gasteiger partial charge < -0.3 is 14.7 Å². The molecule has 1 atom stereocenters. The first-order valence-corrected chi connectivity index (χ1v) is 6.46. The topological polar surface area (TPSA) is 66.8 Å². The highest BCUT2D eigenvalue weighted by Crippen LogP contribution is 2.37. The molecule has 1 aliphatic heterocycles. The van der Waals surface area contributed by atoms with E-state index in [9.17, 15) is 9.59 Å². The Hall–Kier alpha value is -2.04. The number of ether oxygens (including phenoxy) is 1. The number of fused-ring (bicyclic) bond motifs is 1. The Morgan fingerprint density at radius 2 is 2.00 bits per heavy atom. The third-order valence-electron chi connectivity index (χ3n) is 3.77. The second-order valence-electron chi connectivity index (χ2n) is 4.99. The zero-order valence-corrected chi connectivity index (χ0v) is 10.4. The molecule has 3 rings (SSSR count). The molecule has 0 saturated heterocycles. The summed E-state index contributed by atoms with van der Waals surface area (Å²) < 4.78 is 5.41. The second-order valence-corrected chi connectivity index (χ2v) is 4.99. The number of para-hydroxylation sites is 2. The molecule has 1 N–H and O–H groups in total. The molecule has 0 unspecified atom stereocenters. The molecule has 0 spiro atoms. The van der Waals surface area contributed by atoms with Gasteiger partial charge in [0, 0.05) is 5.92 Å². The van der Waals surface area contributed by atoms with Crippen molar-refractivity contribution in [3.05, 3.63) is 24.3 Å². The van der Waals surface area contributed by atoms with Crippen molar-refractivity contribution in [3.63, 3.8) is 0 Å². The molecule has 1 aromatic rings. The zero-order chi connectivity index (χ0) is 13.4. The van der Waals surface area contributed by atoms with Gasteiger partial charge in [-0.3, -0.25) is 4.79 Å². The molecule has 5 nitrogen and oxygen atoms in total. The Morgan fingerprint density at radius 3 is 2.63 bits per heavy atom. The first-order valence-electron chi connectivity index (χ1n) is 6.46. The number of carboxylic acids is 1. The molecule has 0 bridgehead atoms. The van der Waals surface area contributed by atoms with E-state index in [1.165, 1.54) is 0 Å². The van der Waals surface area contributed by atoms with Gasteiger partial charge in [-0.15, -0.1) is 0 Å². The van der Waals surface area contributed by atoms with Crippen molar-refractivity contribution in [2.75, 3.05) is 11.4 Å². The highest BCUT2D eigenvalue weighted by Gasteiger charge is 2.37. The third-order valence-corrected chi connectivity index (χ3v) is 3.77. The maximum atomic E-state index is 12.4.